The first kappa shape index (κ1) is 14.3. The van der Waals surface area contributed by atoms with E-state index < -0.39 is 0 Å². The van der Waals surface area contributed by atoms with Crippen molar-refractivity contribution in [2.45, 2.75) is 44.9 Å². The number of aliphatic hydroxyl groups is 1. The molecule has 0 amide bonds. The van der Waals surface area contributed by atoms with Gasteiger partial charge in [0, 0.05) is 24.3 Å². The summed E-state index contributed by atoms with van der Waals surface area (Å²) < 4.78 is 1.91. The Labute approximate surface area is 126 Å². The predicted octanol–water partition coefficient (Wildman–Crippen LogP) is 2.61. The van der Waals surface area contributed by atoms with E-state index in [0.29, 0.717) is 0 Å². The van der Waals surface area contributed by atoms with Gasteiger partial charge < -0.3 is 5.11 Å². The highest BCUT2D eigenvalue weighted by Crippen LogP contribution is 2.22. The molecular formula is C17H23N3O. The molecule has 4 nitrogen and oxygen atoms in total. The maximum Gasteiger partial charge on any atom is 0.0667 e. The van der Waals surface area contributed by atoms with E-state index in [4.69, 9.17) is 0 Å². The molecule has 3 rings (SSSR count). The van der Waals surface area contributed by atoms with Gasteiger partial charge in [0.25, 0.3) is 0 Å². The highest BCUT2D eigenvalue weighted by molar-refractivity contribution is 5.30. The van der Waals surface area contributed by atoms with Crippen molar-refractivity contribution in [2.75, 3.05) is 6.54 Å². The van der Waals surface area contributed by atoms with Crippen molar-refractivity contribution >= 4 is 0 Å². The molecule has 21 heavy (non-hydrogen) atoms. The van der Waals surface area contributed by atoms with E-state index >= 15 is 0 Å². The lowest BCUT2D eigenvalue weighted by Gasteiger charge is -2.37. The number of rotatable bonds is 4. The van der Waals surface area contributed by atoms with Crippen molar-refractivity contribution in [3.05, 3.63) is 48.3 Å². The molecule has 0 spiro atoms. The van der Waals surface area contributed by atoms with Crippen molar-refractivity contribution in [3.8, 4) is 5.69 Å². The van der Waals surface area contributed by atoms with Gasteiger partial charge in [-0.2, -0.15) is 5.10 Å². The number of hydrogen-bond donors (Lipinski definition) is 1. The average molecular weight is 285 g/mol. The average Bonchev–Trinajstić information content (AvgIpc) is 2.97. The van der Waals surface area contributed by atoms with Gasteiger partial charge in [-0.15, -0.1) is 0 Å². The van der Waals surface area contributed by atoms with E-state index in [1.165, 1.54) is 18.4 Å². The molecule has 0 aliphatic carbocycles. The third-order valence-corrected chi connectivity index (χ3v) is 4.26. The Morgan fingerprint density at radius 1 is 1.29 bits per heavy atom. The fourth-order valence-electron chi connectivity index (χ4n) is 3.16. The largest absolute Gasteiger partial charge is 0.392 e. The molecule has 2 aromatic rings. The Bertz CT molecular complexity index is 564. The first-order valence-corrected chi connectivity index (χ1v) is 7.75. The SMILES string of the molecule is C[C@H](O)[C@H]1CCCCN1Cc1cnn(-c2ccccc2)c1. The van der Waals surface area contributed by atoms with Crippen molar-refractivity contribution in [2.24, 2.45) is 0 Å². The quantitative estimate of drug-likeness (QED) is 0.939. The first-order valence-electron chi connectivity index (χ1n) is 7.75. The summed E-state index contributed by atoms with van der Waals surface area (Å²) in [5.74, 6) is 0. The molecular weight excluding hydrogens is 262 g/mol. The minimum absolute atomic E-state index is 0.269. The van der Waals surface area contributed by atoms with Gasteiger partial charge >= 0.3 is 0 Å². The number of para-hydroxylation sites is 1. The van der Waals surface area contributed by atoms with Crippen LogP contribution < -0.4 is 0 Å². The van der Waals surface area contributed by atoms with E-state index in [1.807, 2.05) is 36.0 Å². The van der Waals surface area contributed by atoms with Gasteiger partial charge in [0.15, 0.2) is 0 Å². The second-order valence-electron chi connectivity index (χ2n) is 5.90. The molecule has 0 bridgehead atoms. The van der Waals surface area contributed by atoms with Crippen LogP contribution in [0.1, 0.15) is 31.7 Å². The molecule has 1 aliphatic rings. The molecule has 0 radical (unpaired) electrons. The molecule has 2 heterocycles. The van der Waals surface area contributed by atoms with Gasteiger partial charge in [0.2, 0.25) is 0 Å². The maximum atomic E-state index is 9.95. The predicted molar refractivity (Wildman–Crippen MR) is 83.3 cm³/mol. The first-order chi connectivity index (χ1) is 10.2. The molecule has 2 atom stereocenters. The summed E-state index contributed by atoms with van der Waals surface area (Å²) in [5, 5.41) is 14.4. The molecule has 1 fully saturated rings. The van der Waals surface area contributed by atoms with Gasteiger partial charge in [0.1, 0.15) is 0 Å². The molecule has 4 heteroatoms. The lowest BCUT2D eigenvalue weighted by molar-refractivity contribution is 0.0317. The summed E-state index contributed by atoms with van der Waals surface area (Å²) in [6.07, 6.45) is 7.27. The number of benzene rings is 1. The van der Waals surface area contributed by atoms with Crippen molar-refractivity contribution in [1.82, 2.24) is 14.7 Å². The molecule has 1 N–H and O–H groups in total. The number of likely N-dealkylation sites (tertiary alicyclic amines) is 1. The number of nitrogens with zero attached hydrogens (tertiary/aromatic N) is 3. The summed E-state index contributed by atoms with van der Waals surface area (Å²) in [5.41, 5.74) is 2.28. The summed E-state index contributed by atoms with van der Waals surface area (Å²) in [4.78, 5) is 2.39. The number of piperidine rings is 1. The maximum absolute atomic E-state index is 9.95. The number of aliphatic hydroxyl groups excluding tert-OH is 1. The van der Waals surface area contributed by atoms with Gasteiger partial charge in [-0.05, 0) is 38.4 Å². The van der Waals surface area contributed by atoms with Crippen LogP contribution >= 0.6 is 0 Å². The monoisotopic (exact) mass is 285 g/mol. The summed E-state index contributed by atoms with van der Waals surface area (Å²) in [6, 6.07) is 10.4. The van der Waals surface area contributed by atoms with Crippen LogP contribution in [0.4, 0.5) is 0 Å². The van der Waals surface area contributed by atoms with Gasteiger partial charge in [0.05, 0.1) is 18.0 Å². The van der Waals surface area contributed by atoms with Crippen LogP contribution in [-0.4, -0.2) is 38.5 Å². The van der Waals surface area contributed by atoms with E-state index in [-0.39, 0.29) is 12.1 Å². The van der Waals surface area contributed by atoms with E-state index in [9.17, 15) is 5.11 Å². The highest BCUT2D eigenvalue weighted by atomic mass is 16.3. The van der Waals surface area contributed by atoms with Crippen molar-refractivity contribution < 1.29 is 5.11 Å². The molecule has 1 aliphatic heterocycles. The lowest BCUT2D eigenvalue weighted by atomic mass is 9.98. The fourth-order valence-corrected chi connectivity index (χ4v) is 3.16. The van der Waals surface area contributed by atoms with Crippen LogP contribution in [0.15, 0.2) is 42.7 Å². The van der Waals surface area contributed by atoms with Crippen LogP contribution in [0.2, 0.25) is 0 Å². The van der Waals surface area contributed by atoms with E-state index in [0.717, 1.165) is 25.2 Å². The second kappa shape index (κ2) is 6.41. The van der Waals surface area contributed by atoms with E-state index in [1.54, 1.807) is 0 Å². The molecule has 1 aromatic heterocycles. The summed E-state index contributed by atoms with van der Waals surface area (Å²) in [7, 11) is 0. The third-order valence-electron chi connectivity index (χ3n) is 4.26. The van der Waals surface area contributed by atoms with Crippen LogP contribution in [-0.2, 0) is 6.54 Å². The molecule has 1 aromatic carbocycles. The Balaban J connectivity index is 1.72. The Morgan fingerprint density at radius 2 is 2.10 bits per heavy atom. The topological polar surface area (TPSA) is 41.3 Å². The minimum atomic E-state index is -0.269. The van der Waals surface area contributed by atoms with Gasteiger partial charge in [-0.1, -0.05) is 24.6 Å². The number of hydrogen-bond acceptors (Lipinski definition) is 3. The summed E-state index contributed by atoms with van der Waals surface area (Å²) >= 11 is 0. The zero-order chi connectivity index (χ0) is 14.7. The molecule has 1 saturated heterocycles. The molecule has 0 unspecified atom stereocenters. The normalized spacial score (nSPS) is 21.3. The van der Waals surface area contributed by atoms with Crippen molar-refractivity contribution in [1.29, 1.82) is 0 Å². The van der Waals surface area contributed by atoms with Crippen molar-refractivity contribution in [3.63, 3.8) is 0 Å². The lowest BCUT2D eigenvalue weighted by Crippen LogP contribution is -2.45. The minimum Gasteiger partial charge on any atom is -0.392 e. The standard InChI is InChI=1S/C17H23N3O/c1-14(21)17-9-5-6-10-19(17)12-15-11-18-20(13-15)16-7-3-2-4-8-16/h2-4,7-8,11,13-14,17,21H,5-6,9-10,12H2,1H3/t14-,17+/m0/s1. The van der Waals surface area contributed by atoms with Crippen LogP contribution in [0.25, 0.3) is 5.69 Å². The third kappa shape index (κ3) is 3.34. The van der Waals surface area contributed by atoms with Crippen LogP contribution in [0.3, 0.4) is 0 Å². The Morgan fingerprint density at radius 3 is 2.86 bits per heavy atom. The zero-order valence-corrected chi connectivity index (χ0v) is 12.5. The Kier molecular flexibility index (Phi) is 4.36. The smallest absolute Gasteiger partial charge is 0.0667 e. The zero-order valence-electron chi connectivity index (χ0n) is 12.5. The van der Waals surface area contributed by atoms with Crippen LogP contribution in [0, 0.1) is 0 Å². The number of aromatic nitrogens is 2. The highest BCUT2D eigenvalue weighted by Gasteiger charge is 2.26. The van der Waals surface area contributed by atoms with E-state index in [2.05, 4.69) is 28.3 Å². The van der Waals surface area contributed by atoms with Crippen LogP contribution in [0.5, 0.6) is 0 Å². The second-order valence-corrected chi connectivity index (χ2v) is 5.90. The van der Waals surface area contributed by atoms with Gasteiger partial charge in [-0.25, -0.2) is 4.68 Å². The molecule has 0 saturated carbocycles. The molecule has 112 valence electrons. The van der Waals surface area contributed by atoms with Gasteiger partial charge in [-0.3, -0.25) is 4.90 Å². The fraction of sp³-hybridized carbons (Fsp3) is 0.471. The summed E-state index contributed by atoms with van der Waals surface area (Å²) in [6.45, 7) is 3.82. The Hall–Kier alpha value is -1.65.